The van der Waals surface area contributed by atoms with Crippen molar-refractivity contribution in [3.05, 3.63) is 0 Å². The van der Waals surface area contributed by atoms with E-state index in [0.29, 0.717) is 12.3 Å². The number of hydrogen-bond donors (Lipinski definition) is 1. The van der Waals surface area contributed by atoms with Crippen LogP contribution in [0, 0.1) is 17.8 Å². The number of carboxylic acids is 1. The van der Waals surface area contributed by atoms with E-state index in [4.69, 9.17) is 0 Å². The zero-order valence-corrected chi connectivity index (χ0v) is 11.8. The number of hydrogen-bond acceptors (Lipinski definition) is 2. The Hall–Kier alpha value is -1.06. The average Bonchev–Trinajstić information content (AvgIpc) is 2.80. The Bertz CT molecular complexity index is 316. The lowest BCUT2D eigenvalue weighted by molar-refractivity contribution is -0.149. The first kappa shape index (κ1) is 15.0. The Kier molecular flexibility index (Phi) is 5.17. The number of carboxylic acid groups (broad SMARTS) is 1. The van der Waals surface area contributed by atoms with Crippen LogP contribution in [0.1, 0.15) is 46.5 Å². The molecule has 0 saturated heterocycles. The summed E-state index contributed by atoms with van der Waals surface area (Å²) in [4.78, 5) is 25.4. The number of amides is 1. The molecule has 0 radical (unpaired) electrons. The topological polar surface area (TPSA) is 57.6 Å². The normalized spacial score (nSPS) is 29.0. The van der Waals surface area contributed by atoms with E-state index in [2.05, 4.69) is 6.92 Å². The molecule has 1 aliphatic rings. The van der Waals surface area contributed by atoms with Crippen LogP contribution in [0.25, 0.3) is 0 Å². The van der Waals surface area contributed by atoms with Gasteiger partial charge in [-0.1, -0.05) is 20.3 Å². The Morgan fingerprint density at radius 1 is 1.28 bits per heavy atom. The molecule has 4 nitrogen and oxygen atoms in total. The van der Waals surface area contributed by atoms with Crippen LogP contribution in [-0.2, 0) is 9.59 Å². The number of nitrogens with zero attached hydrogens (tertiary/aromatic N) is 1. The van der Waals surface area contributed by atoms with Crippen LogP contribution in [-0.4, -0.2) is 35.0 Å². The Morgan fingerprint density at radius 2 is 1.83 bits per heavy atom. The largest absolute Gasteiger partial charge is 0.481 e. The number of carbonyl (C=O) groups excluding carboxylic acids is 1. The van der Waals surface area contributed by atoms with Gasteiger partial charge in [0.1, 0.15) is 0 Å². The zero-order chi connectivity index (χ0) is 13.9. The minimum Gasteiger partial charge on any atom is -0.481 e. The van der Waals surface area contributed by atoms with Gasteiger partial charge in [-0.2, -0.15) is 0 Å². The molecule has 4 heteroatoms. The smallest absolute Gasteiger partial charge is 0.307 e. The molecule has 1 fully saturated rings. The van der Waals surface area contributed by atoms with Crippen molar-refractivity contribution >= 4 is 11.9 Å². The second kappa shape index (κ2) is 6.21. The zero-order valence-electron chi connectivity index (χ0n) is 11.8. The summed E-state index contributed by atoms with van der Waals surface area (Å²) in [5.74, 6) is -1.25. The van der Waals surface area contributed by atoms with E-state index in [9.17, 15) is 14.7 Å². The van der Waals surface area contributed by atoms with E-state index in [1.54, 1.807) is 11.9 Å². The maximum Gasteiger partial charge on any atom is 0.307 e. The molecule has 1 N–H and O–H groups in total. The third kappa shape index (κ3) is 3.03. The molecule has 1 aliphatic carbocycles. The predicted octanol–water partition coefficient (Wildman–Crippen LogP) is 2.38. The Morgan fingerprint density at radius 3 is 2.28 bits per heavy atom. The molecule has 0 aliphatic heterocycles. The maximum absolute atomic E-state index is 12.4. The Labute approximate surface area is 109 Å². The third-order valence-corrected chi connectivity index (χ3v) is 4.47. The molecule has 104 valence electrons. The minimum absolute atomic E-state index is 0.00713. The van der Waals surface area contributed by atoms with Crippen molar-refractivity contribution in [2.45, 2.75) is 52.5 Å². The van der Waals surface area contributed by atoms with Crippen molar-refractivity contribution in [3.8, 4) is 0 Å². The van der Waals surface area contributed by atoms with Crippen LogP contribution < -0.4 is 0 Å². The molecule has 0 heterocycles. The van der Waals surface area contributed by atoms with Crippen molar-refractivity contribution in [3.63, 3.8) is 0 Å². The van der Waals surface area contributed by atoms with E-state index in [1.165, 1.54) is 0 Å². The van der Waals surface area contributed by atoms with Gasteiger partial charge in [-0.3, -0.25) is 9.59 Å². The fourth-order valence-corrected chi connectivity index (χ4v) is 2.77. The highest BCUT2D eigenvalue weighted by atomic mass is 16.4. The third-order valence-electron chi connectivity index (χ3n) is 4.47. The van der Waals surface area contributed by atoms with Gasteiger partial charge in [-0.05, 0) is 32.1 Å². The molecule has 4 atom stereocenters. The van der Waals surface area contributed by atoms with Gasteiger partial charge < -0.3 is 10.0 Å². The van der Waals surface area contributed by atoms with Crippen LogP contribution in [0.15, 0.2) is 0 Å². The van der Waals surface area contributed by atoms with E-state index >= 15 is 0 Å². The standard InChI is InChI=1S/C14H25NO3/c1-5-9(3)15(4)13(16)11-7-10(6-2)8-12(11)14(17)18/h9-12H,5-8H2,1-4H3,(H,17,18). The van der Waals surface area contributed by atoms with Crippen LogP contribution in [0.3, 0.4) is 0 Å². The number of aliphatic carboxylic acids is 1. The molecule has 0 spiro atoms. The maximum atomic E-state index is 12.4. The summed E-state index contributed by atoms with van der Waals surface area (Å²) in [6, 6.07) is 0.174. The molecule has 0 bridgehead atoms. The molecule has 0 aromatic carbocycles. The van der Waals surface area contributed by atoms with Crippen LogP contribution in [0.4, 0.5) is 0 Å². The van der Waals surface area contributed by atoms with Gasteiger partial charge in [0.25, 0.3) is 0 Å². The second-order valence-corrected chi connectivity index (χ2v) is 5.50. The summed E-state index contributed by atoms with van der Waals surface area (Å²) in [6.45, 7) is 6.10. The van der Waals surface area contributed by atoms with Crippen molar-refractivity contribution in [2.75, 3.05) is 7.05 Å². The van der Waals surface area contributed by atoms with Crippen LogP contribution in [0.5, 0.6) is 0 Å². The summed E-state index contributed by atoms with van der Waals surface area (Å²) >= 11 is 0. The van der Waals surface area contributed by atoms with Crippen molar-refractivity contribution in [1.82, 2.24) is 4.90 Å². The first-order valence-corrected chi connectivity index (χ1v) is 6.91. The summed E-state index contributed by atoms with van der Waals surface area (Å²) in [5, 5.41) is 9.25. The highest BCUT2D eigenvalue weighted by Crippen LogP contribution is 2.39. The fraction of sp³-hybridized carbons (Fsp3) is 0.857. The summed E-state index contributed by atoms with van der Waals surface area (Å²) in [6.07, 6.45) is 3.23. The van der Waals surface area contributed by atoms with Gasteiger partial charge in [-0.15, -0.1) is 0 Å². The van der Waals surface area contributed by atoms with Gasteiger partial charge in [0.2, 0.25) is 5.91 Å². The van der Waals surface area contributed by atoms with E-state index in [1.807, 2.05) is 13.8 Å². The van der Waals surface area contributed by atoms with Gasteiger partial charge in [-0.25, -0.2) is 0 Å². The Balaban J connectivity index is 2.79. The monoisotopic (exact) mass is 255 g/mol. The van der Waals surface area contributed by atoms with Gasteiger partial charge >= 0.3 is 5.97 Å². The predicted molar refractivity (Wildman–Crippen MR) is 70.2 cm³/mol. The lowest BCUT2D eigenvalue weighted by atomic mass is 9.94. The number of rotatable bonds is 5. The summed E-state index contributed by atoms with van der Waals surface area (Å²) in [5.41, 5.74) is 0. The summed E-state index contributed by atoms with van der Waals surface area (Å²) < 4.78 is 0. The quantitative estimate of drug-likeness (QED) is 0.820. The van der Waals surface area contributed by atoms with E-state index < -0.39 is 11.9 Å². The van der Waals surface area contributed by atoms with E-state index in [-0.39, 0.29) is 17.9 Å². The lowest BCUT2D eigenvalue weighted by Crippen LogP contribution is -2.41. The SMILES string of the molecule is CCC1CC(C(=O)O)C(C(=O)N(C)C(C)CC)C1. The minimum atomic E-state index is -0.818. The first-order chi connectivity index (χ1) is 8.42. The molecule has 0 aromatic rings. The molecule has 18 heavy (non-hydrogen) atoms. The highest BCUT2D eigenvalue weighted by molar-refractivity contribution is 5.85. The molecule has 1 amide bonds. The molecule has 1 saturated carbocycles. The number of carbonyl (C=O) groups is 2. The second-order valence-electron chi connectivity index (χ2n) is 5.50. The average molecular weight is 255 g/mol. The van der Waals surface area contributed by atoms with Crippen molar-refractivity contribution < 1.29 is 14.7 Å². The summed E-state index contributed by atoms with van der Waals surface area (Å²) in [7, 11) is 1.79. The first-order valence-electron chi connectivity index (χ1n) is 6.91. The molecular weight excluding hydrogens is 230 g/mol. The molecular formula is C14H25NO3. The molecule has 4 unspecified atom stereocenters. The fourth-order valence-electron chi connectivity index (χ4n) is 2.77. The lowest BCUT2D eigenvalue weighted by Gasteiger charge is -2.28. The van der Waals surface area contributed by atoms with Crippen molar-refractivity contribution in [1.29, 1.82) is 0 Å². The molecule has 0 aromatic heterocycles. The van der Waals surface area contributed by atoms with Gasteiger partial charge in [0, 0.05) is 13.1 Å². The van der Waals surface area contributed by atoms with Crippen LogP contribution in [0.2, 0.25) is 0 Å². The highest BCUT2D eigenvalue weighted by Gasteiger charge is 2.43. The molecule has 1 rings (SSSR count). The van der Waals surface area contributed by atoms with E-state index in [0.717, 1.165) is 19.3 Å². The van der Waals surface area contributed by atoms with Crippen LogP contribution >= 0.6 is 0 Å². The van der Waals surface area contributed by atoms with Gasteiger partial charge in [0.05, 0.1) is 11.8 Å². The van der Waals surface area contributed by atoms with Gasteiger partial charge in [0.15, 0.2) is 0 Å². The van der Waals surface area contributed by atoms with Crippen molar-refractivity contribution in [2.24, 2.45) is 17.8 Å².